The summed E-state index contributed by atoms with van der Waals surface area (Å²) in [5, 5.41) is 2.97. The standard InChI is InChI=1S/C19H22BrN3O3/c1-14(24)22-10-8-15(9-11-22)23(13-16-5-4-12-26-16)19(25)21-18-7-3-2-6-17(18)20/h2-7,12,15H,8-11,13H2,1H3,(H,21,25). The van der Waals surface area contributed by atoms with E-state index in [9.17, 15) is 9.59 Å². The molecule has 26 heavy (non-hydrogen) atoms. The smallest absolute Gasteiger partial charge is 0.322 e. The number of carbonyl (C=O) groups is 2. The lowest BCUT2D eigenvalue weighted by molar-refractivity contribution is -0.130. The summed E-state index contributed by atoms with van der Waals surface area (Å²) in [6.07, 6.45) is 3.12. The average Bonchev–Trinajstić information content (AvgIpc) is 3.15. The van der Waals surface area contributed by atoms with Gasteiger partial charge in [0.05, 0.1) is 18.5 Å². The number of urea groups is 1. The monoisotopic (exact) mass is 419 g/mol. The van der Waals surface area contributed by atoms with Gasteiger partial charge >= 0.3 is 6.03 Å². The molecule has 7 heteroatoms. The molecular weight excluding hydrogens is 398 g/mol. The largest absolute Gasteiger partial charge is 0.467 e. The van der Waals surface area contributed by atoms with Crippen LogP contribution in [0.3, 0.4) is 0 Å². The SMILES string of the molecule is CC(=O)N1CCC(N(Cc2ccco2)C(=O)Nc2ccccc2Br)CC1. The number of furan rings is 1. The van der Waals surface area contributed by atoms with Crippen molar-refractivity contribution in [1.29, 1.82) is 0 Å². The van der Waals surface area contributed by atoms with Gasteiger partial charge in [-0.15, -0.1) is 0 Å². The predicted octanol–water partition coefficient (Wildman–Crippen LogP) is 4.09. The van der Waals surface area contributed by atoms with E-state index in [-0.39, 0.29) is 18.0 Å². The molecule has 1 aromatic heterocycles. The second-order valence-electron chi connectivity index (χ2n) is 6.35. The molecule has 1 aromatic carbocycles. The van der Waals surface area contributed by atoms with Crippen LogP contribution in [0.1, 0.15) is 25.5 Å². The number of amides is 3. The predicted molar refractivity (Wildman–Crippen MR) is 103 cm³/mol. The minimum atomic E-state index is -0.172. The fourth-order valence-corrected chi connectivity index (χ4v) is 3.56. The number of benzene rings is 1. The van der Waals surface area contributed by atoms with Gasteiger partial charge in [-0.25, -0.2) is 4.79 Å². The van der Waals surface area contributed by atoms with Gasteiger partial charge in [-0.1, -0.05) is 12.1 Å². The number of hydrogen-bond acceptors (Lipinski definition) is 3. The van der Waals surface area contributed by atoms with Gasteiger partial charge in [0.25, 0.3) is 0 Å². The van der Waals surface area contributed by atoms with Crippen LogP contribution in [-0.2, 0) is 11.3 Å². The zero-order chi connectivity index (χ0) is 18.5. The maximum Gasteiger partial charge on any atom is 0.322 e. The van der Waals surface area contributed by atoms with Gasteiger partial charge in [0.15, 0.2) is 0 Å². The Balaban J connectivity index is 1.74. The van der Waals surface area contributed by atoms with Crippen LogP contribution in [0, 0.1) is 0 Å². The zero-order valence-corrected chi connectivity index (χ0v) is 16.2. The molecule has 3 rings (SSSR count). The first-order valence-electron chi connectivity index (χ1n) is 8.64. The quantitative estimate of drug-likeness (QED) is 0.811. The summed E-state index contributed by atoms with van der Waals surface area (Å²) in [6, 6.07) is 11.1. The highest BCUT2D eigenvalue weighted by Gasteiger charge is 2.29. The Hall–Kier alpha value is -2.28. The van der Waals surface area contributed by atoms with Gasteiger partial charge in [-0.2, -0.15) is 0 Å². The number of nitrogens with one attached hydrogen (secondary N) is 1. The number of carbonyl (C=O) groups excluding carboxylic acids is 2. The lowest BCUT2D eigenvalue weighted by Crippen LogP contribution is -2.49. The van der Waals surface area contributed by atoms with Crippen LogP contribution < -0.4 is 5.32 Å². The lowest BCUT2D eigenvalue weighted by atomic mass is 10.0. The van der Waals surface area contributed by atoms with Crippen molar-refractivity contribution in [2.45, 2.75) is 32.4 Å². The molecule has 0 aliphatic carbocycles. The topological polar surface area (TPSA) is 65.8 Å². The molecule has 0 atom stereocenters. The zero-order valence-electron chi connectivity index (χ0n) is 14.7. The summed E-state index contributed by atoms with van der Waals surface area (Å²) in [6.45, 7) is 3.31. The van der Waals surface area contributed by atoms with E-state index in [1.807, 2.05) is 41.3 Å². The van der Waals surface area contributed by atoms with Crippen molar-refractivity contribution in [1.82, 2.24) is 9.80 Å². The molecule has 0 saturated carbocycles. The molecule has 138 valence electrons. The van der Waals surface area contributed by atoms with Gasteiger partial charge in [-0.05, 0) is 53.0 Å². The molecule has 1 fully saturated rings. The third-order valence-electron chi connectivity index (χ3n) is 4.63. The van der Waals surface area contributed by atoms with Crippen molar-refractivity contribution in [3.63, 3.8) is 0 Å². The Morgan fingerprint density at radius 1 is 1.23 bits per heavy atom. The number of piperidine rings is 1. The summed E-state index contributed by atoms with van der Waals surface area (Å²) in [5.41, 5.74) is 0.725. The maximum atomic E-state index is 13.0. The van der Waals surface area contributed by atoms with Crippen LogP contribution in [0.4, 0.5) is 10.5 Å². The molecule has 1 saturated heterocycles. The van der Waals surface area contributed by atoms with Gasteiger partial charge in [0, 0.05) is 30.5 Å². The van der Waals surface area contributed by atoms with E-state index in [0.717, 1.165) is 28.8 Å². The number of halogens is 1. The Morgan fingerprint density at radius 2 is 1.96 bits per heavy atom. The molecule has 0 radical (unpaired) electrons. The molecule has 1 aliphatic rings. The summed E-state index contributed by atoms with van der Waals surface area (Å²) >= 11 is 3.46. The van der Waals surface area contributed by atoms with E-state index in [1.165, 1.54) is 0 Å². The molecular formula is C19H22BrN3O3. The van der Waals surface area contributed by atoms with E-state index in [2.05, 4.69) is 21.2 Å². The van der Waals surface area contributed by atoms with E-state index < -0.39 is 0 Å². The number of hydrogen-bond donors (Lipinski definition) is 1. The summed E-state index contributed by atoms with van der Waals surface area (Å²) in [7, 11) is 0. The highest BCUT2D eigenvalue weighted by molar-refractivity contribution is 9.10. The van der Waals surface area contributed by atoms with Crippen LogP contribution >= 0.6 is 15.9 Å². The summed E-state index contributed by atoms with van der Waals surface area (Å²) in [4.78, 5) is 28.2. The second-order valence-corrected chi connectivity index (χ2v) is 7.21. The van der Waals surface area contributed by atoms with E-state index >= 15 is 0 Å². The first kappa shape index (κ1) is 18.5. The fourth-order valence-electron chi connectivity index (χ4n) is 3.18. The number of nitrogens with zero attached hydrogens (tertiary/aromatic N) is 2. The van der Waals surface area contributed by atoms with Crippen molar-refractivity contribution in [2.24, 2.45) is 0 Å². The number of para-hydroxylation sites is 1. The third-order valence-corrected chi connectivity index (χ3v) is 5.32. The Kier molecular flexibility index (Phi) is 5.98. The second kappa shape index (κ2) is 8.40. The van der Waals surface area contributed by atoms with E-state index in [0.29, 0.717) is 19.6 Å². The van der Waals surface area contributed by atoms with Crippen molar-refractivity contribution in [2.75, 3.05) is 18.4 Å². The highest BCUT2D eigenvalue weighted by Crippen LogP contribution is 2.24. The number of likely N-dealkylation sites (tertiary alicyclic amines) is 1. The molecule has 1 N–H and O–H groups in total. The van der Waals surface area contributed by atoms with Gasteiger partial charge < -0.3 is 19.5 Å². The van der Waals surface area contributed by atoms with Crippen LogP contribution in [0.2, 0.25) is 0 Å². The fraction of sp³-hybridized carbons (Fsp3) is 0.368. The Bertz CT molecular complexity index is 755. The van der Waals surface area contributed by atoms with Gasteiger partial charge in [0.2, 0.25) is 5.91 Å². The molecule has 0 bridgehead atoms. The van der Waals surface area contributed by atoms with Crippen molar-refractivity contribution < 1.29 is 14.0 Å². The Labute approximate surface area is 161 Å². The van der Waals surface area contributed by atoms with Crippen molar-refractivity contribution in [3.8, 4) is 0 Å². The molecule has 2 aromatic rings. The highest BCUT2D eigenvalue weighted by atomic mass is 79.9. The number of anilines is 1. The van der Waals surface area contributed by atoms with Crippen LogP contribution in [0.5, 0.6) is 0 Å². The van der Waals surface area contributed by atoms with Gasteiger partial charge in [-0.3, -0.25) is 4.79 Å². The van der Waals surface area contributed by atoms with Crippen LogP contribution in [-0.4, -0.2) is 40.9 Å². The minimum Gasteiger partial charge on any atom is -0.467 e. The molecule has 6 nitrogen and oxygen atoms in total. The normalized spacial score (nSPS) is 14.9. The van der Waals surface area contributed by atoms with Gasteiger partial charge in [0.1, 0.15) is 5.76 Å². The lowest BCUT2D eigenvalue weighted by Gasteiger charge is -2.38. The molecule has 2 heterocycles. The van der Waals surface area contributed by atoms with Crippen LogP contribution in [0.15, 0.2) is 51.6 Å². The maximum absolute atomic E-state index is 13.0. The van der Waals surface area contributed by atoms with Crippen molar-refractivity contribution in [3.05, 3.63) is 52.9 Å². The summed E-state index contributed by atoms with van der Waals surface area (Å²) in [5.74, 6) is 0.819. The van der Waals surface area contributed by atoms with E-state index in [4.69, 9.17) is 4.42 Å². The molecule has 3 amide bonds. The molecule has 0 unspecified atom stereocenters. The first-order chi connectivity index (χ1) is 12.5. The average molecular weight is 420 g/mol. The Morgan fingerprint density at radius 3 is 2.58 bits per heavy atom. The summed E-state index contributed by atoms with van der Waals surface area (Å²) < 4.78 is 6.27. The third kappa shape index (κ3) is 4.46. The minimum absolute atomic E-state index is 0.0539. The van der Waals surface area contributed by atoms with Crippen molar-refractivity contribution >= 4 is 33.6 Å². The molecule has 0 spiro atoms. The van der Waals surface area contributed by atoms with E-state index in [1.54, 1.807) is 18.1 Å². The molecule has 1 aliphatic heterocycles. The first-order valence-corrected chi connectivity index (χ1v) is 9.44. The van der Waals surface area contributed by atoms with Crippen LogP contribution in [0.25, 0.3) is 0 Å². The number of rotatable bonds is 4.